The molecule has 10 heteroatoms. The number of carbonyl (C=O) groups is 2. The molecule has 0 fully saturated rings. The highest BCUT2D eigenvalue weighted by Crippen LogP contribution is 2.39. The van der Waals surface area contributed by atoms with Gasteiger partial charge < -0.3 is 9.47 Å². The average molecular weight is 280 g/mol. The highest BCUT2D eigenvalue weighted by Gasteiger charge is 2.66. The van der Waals surface area contributed by atoms with Crippen molar-refractivity contribution in [1.29, 1.82) is 0 Å². The molecule has 0 aromatic heterocycles. The Labute approximate surface area is 96.1 Å². The maximum absolute atomic E-state index is 12.8. The SMILES string of the molecule is COC(=O)C=CC(=O)OC(F)(C(F)F)C(F)(F)F. The van der Waals surface area contributed by atoms with Crippen LogP contribution < -0.4 is 0 Å². The van der Waals surface area contributed by atoms with Crippen molar-refractivity contribution in [3.8, 4) is 0 Å². The van der Waals surface area contributed by atoms with Crippen molar-refractivity contribution in [2.45, 2.75) is 18.5 Å². The molecule has 0 saturated carbocycles. The van der Waals surface area contributed by atoms with E-state index in [0.29, 0.717) is 0 Å². The van der Waals surface area contributed by atoms with Crippen molar-refractivity contribution in [2.75, 3.05) is 7.11 Å². The van der Waals surface area contributed by atoms with Gasteiger partial charge in [0.15, 0.2) is 0 Å². The van der Waals surface area contributed by atoms with Crippen LogP contribution in [0.2, 0.25) is 0 Å². The number of hydrogen-bond donors (Lipinski definition) is 0. The zero-order valence-electron chi connectivity index (χ0n) is 8.63. The van der Waals surface area contributed by atoms with Crippen molar-refractivity contribution < 1.29 is 45.4 Å². The van der Waals surface area contributed by atoms with E-state index in [4.69, 9.17) is 0 Å². The van der Waals surface area contributed by atoms with E-state index in [9.17, 15) is 35.9 Å². The van der Waals surface area contributed by atoms with Gasteiger partial charge in [-0.1, -0.05) is 0 Å². The number of carbonyl (C=O) groups excluding carboxylic acids is 2. The van der Waals surface area contributed by atoms with E-state index in [1.807, 2.05) is 0 Å². The largest absolute Gasteiger partial charge is 0.466 e. The fourth-order valence-corrected chi connectivity index (χ4v) is 0.611. The predicted molar refractivity (Wildman–Crippen MR) is 43.1 cm³/mol. The second-order valence-electron chi connectivity index (χ2n) is 2.72. The van der Waals surface area contributed by atoms with Crippen LogP contribution in [0.25, 0.3) is 0 Å². The molecule has 18 heavy (non-hydrogen) atoms. The molecule has 104 valence electrons. The maximum atomic E-state index is 12.8. The van der Waals surface area contributed by atoms with Crippen LogP contribution in [0.15, 0.2) is 12.2 Å². The van der Waals surface area contributed by atoms with Gasteiger partial charge in [-0.25, -0.2) is 18.4 Å². The number of hydrogen-bond acceptors (Lipinski definition) is 4. The first-order valence-corrected chi connectivity index (χ1v) is 4.07. The van der Waals surface area contributed by atoms with Crippen LogP contribution in [0.4, 0.5) is 26.3 Å². The molecule has 1 unspecified atom stereocenters. The first-order valence-electron chi connectivity index (χ1n) is 4.07. The minimum atomic E-state index is -6.12. The minimum Gasteiger partial charge on any atom is -0.466 e. The molecule has 0 aliphatic rings. The third kappa shape index (κ3) is 3.93. The first kappa shape index (κ1) is 16.3. The third-order valence-corrected chi connectivity index (χ3v) is 1.47. The maximum Gasteiger partial charge on any atom is 0.466 e. The van der Waals surface area contributed by atoms with E-state index < -0.39 is 30.4 Å². The summed E-state index contributed by atoms with van der Waals surface area (Å²) in [5.74, 6) is -8.72. The lowest BCUT2D eigenvalue weighted by Gasteiger charge is -2.25. The average Bonchev–Trinajstić information content (AvgIpc) is 2.23. The second kappa shape index (κ2) is 5.74. The Bertz CT molecular complexity index is 350. The van der Waals surface area contributed by atoms with E-state index in [-0.39, 0.29) is 12.2 Å². The lowest BCUT2D eigenvalue weighted by atomic mass is 10.3. The quantitative estimate of drug-likeness (QED) is 0.447. The molecule has 0 N–H and O–H groups in total. The number of esters is 2. The van der Waals surface area contributed by atoms with Crippen LogP contribution in [-0.2, 0) is 19.1 Å². The van der Waals surface area contributed by atoms with E-state index in [1.54, 1.807) is 0 Å². The molecular weight excluding hydrogens is 274 g/mol. The summed E-state index contributed by atoms with van der Waals surface area (Å²) in [5, 5.41) is 0. The minimum absolute atomic E-state index is 0.0221. The zero-order chi connectivity index (χ0) is 14.6. The van der Waals surface area contributed by atoms with Gasteiger partial charge in [0.2, 0.25) is 0 Å². The van der Waals surface area contributed by atoms with Crippen LogP contribution in [0, 0.1) is 0 Å². The second-order valence-corrected chi connectivity index (χ2v) is 2.72. The smallest absolute Gasteiger partial charge is 0.466 e. The highest BCUT2D eigenvalue weighted by atomic mass is 19.4. The lowest BCUT2D eigenvalue weighted by molar-refractivity contribution is -0.354. The summed E-state index contributed by atoms with van der Waals surface area (Å²) in [5.41, 5.74) is 0. The van der Waals surface area contributed by atoms with Gasteiger partial charge in [-0.15, -0.1) is 0 Å². The predicted octanol–water partition coefficient (Wildman–Crippen LogP) is 1.75. The van der Waals surface area contributed by atoms with Crippen LogP contribution in [-0.4, -0.2) is 37.5 Å². The molecule has 0 radical (unpaired) electrons. The van der Waals surface area contributed by atoms with Gasteiger partial charge >= 0.3 is 30.4 Å². The monoisotopic (exact) mass is 280 g/mol. The molecule has 0 bridgehead atoms. The van der Waals surface area contributed by atoms with Gasteiger partial charge in [0.05, 0.1) is 7.11 Å². The topological polar surface area (TPSA) is 52.6 Å². The Kier molecular flexibility index (Phi) is 5.18. The van der Waals surface area contributed by atoms with Gasteiger partial charge in [0.25, 0.3) is 0 Å². The molecule has 4 nitrogen and oxygen atoms in total. The van der Waals surface area contributed by atoms with Crippen molar-refractivity contribution >= 4 is 11.9 Å². The van der Waals surface area contributed by atoms with Gasteiger partial charge in [-0.05, 0) is 0 Å². The molecule has 0 saturated heterocycles. The highest BCUT2D eigenvalue weighted by molar-refractivity contribution is 5.91. The number of rotatable bonds is 4. The summed E-state index contributed by atoms with van der Waals surface area (Å²) in [6.45, 7) is 0. The summed E-state index contributed by atoms with van der Waals surface area (Å²) < 4.78 is 79.4. The molecule has 0 aromatic rings. The lowest BCUT2D eigenvalue weighted by Crippen LogP contribution is -2.50. The van der Waals surface area contributed by atoms with Crippen LogP contribution in [0.5, 0.6) is 0 Å². The van der Waals surface area contributed by atoms with Crippen LogP contribution >= 0.6 is 0 Å². The Balaban J connectivity index is 4.88. The van der Waals surface area contributed by atoms with Crippen LogP contribution in [0.1, 0.15) is 0 Å². The fraction of sp³-hybridized carbons (Fsp3) is 0.500. The summed E-state index contributed by atoms with van der Waals surface area (Å²) >= 11 is 0. The fourth-order valence-electron chi connectivity index (χ4n) is 0.611. The number of ether oxygens (including phenoxy) is 2. The zero-order valence-corrected chi connectivity index (χ0v) is 8.63. The van der Waals surface area contributed by atoms with Gasteiger partial charge in [0.1, 0.15) is 0 Å². The molecule has 0 rings (SSSR count). The van der Waals surface area contributed by atoms with Gasteiger partial charge in [-0.2, -0.15) is 17.6 Å². The molecule has 1 atom stereocenters. The third-order valence-electron chi connectivity index (χ3n) is 1.47. The van der Waals surface area contributed by atoms with Crippen molar-refractivity contribution in [2.24, 2.45) is 0 Å². The Morgan fingerprint density at radius 3 is 1.83 bits per heavy atom. The van der Waals surface area contributed by atoms with E-state index >= 15 is 0 Å². The van der Waals surface area contributed by atoms with E-state index in [0.717, 1.165) is 7.11 Å². The van der Waals surface area contributed by atoms with Crippen molar-refractivity contribution in [3.05, 3.63) is 12.2 Å². The van der Waals surface area contributed by atoms with Gasteiger partial charge in [0, 0.05) is 12.2 Å². The van der Waals surface area contributed by atoms with Crippen molar-refractivity contribution in [3.63, 3.8) is 0 Å². The van der Waals surface area contributed by atoms with E-state index in [1.165, 1.54) is 0 Å². The number of halogens is 6. The van der Waals surface area contributed by atoms with Crippen molar-refractivity contribution in [1.82, 2.24) is 0 Å². The molecular formula is C8H6F6O4. The molecule has 0 amide bonds. The van der Waals surface area contributed by atoms with Gasteiger partial charge in [-0.3, -0.25) is 0 Å². The van der Waals surface area contributed by atoms with E-state index in [2.05, 4.69) is 9.47 Å². The first-order chi connectivity index (χ1) is 8.04. The summed E-state index contributed by atoms with van der Waals surface area (Å²) in [7, 11) is 0.881. The molecule has 0 aliphatic carbocycles. The molecule has 0 spiro atoms. The Morgan fingerprint density at radius 1 is 1.06 bits per heavy atom. The summed E-state index contributed by atoms with van der Waals surface area (Å²) in [4.78, 5) is 21.1. The normalized spacial score (nSPS) is 15.6. The molecule has 0 heterocycles. The van der Waals surface area contributed by atoms with Crippen LogP contribution in [0.3, 0.4) is 0 Å². The number of alkyl halides is 6. The Hall–Kier alpha value is -1.74. The Morgan fingerprint density at radius 2 is 1.50 bits per heavy atom. The standard InChI is InChI=1S/C8H6F6O4/c1-17-4(15)2-3-5(16)18-7(11,6(9)10)8(12,13)14/h2-3,6H,1H3. The summed E-state index contributed by atoms with van der Waals surface area (Å²) in [6.07, 6.45) is -10.4. The number of methoxy groups -OCH3 is 1. The summed E-state index contributed by atoms with van der Waals surface area (Å²) in [6, 6.07) is 0. The molecule has 0 aliphatic heterocycles. The molecule has 0 aromatic carbocycles.